The predicted molar refractivity (Wildman–Crippen MR) is 127 cm³/mol. The molecule has 4 rings (SSSR count). The molecule has 0 unspecified atom stereocenters. The minimum atomic E-state index is -0.990. The van der Waals surface area contributed by atoms with Gasteiger partial charge in [0.1, 0.15) is 11.4 Å². The number of carbonyl (C=O) groups is 3. The van der Waals surface area contributed by atoms with Gasteiger partial charge >= 0.3 is 5.97 Å². The maximum atomic E-state index is 13.6. The molecule has 3 aliphatic rings. The lowest BCUT2D eigenvalue weighted by Crippen LogP contribution is -2.56. The van der Waals surface area contributed by atoms with E-state index in [0.717, 1.165) is 37.7 Å². The Hall–Kier alpha value is -2.94. The Kier molecular flexibility index (Phi) is 7.21. The van der Waals surface area contributed by atoms with Gasteiger partial charge in [-0.1, -0.05) is 56.4 Å². The van der Waals surface area contributed by atoms with Crippen molar-refractivity contribution in [3.05, 3.63) is 35.4 Å². The van der Waals surface area contributed by atoms with Crippen molar-refractivity contribution in [3.8, 4) is 0 Å². The lowest BCUT2D eigenvalue weighted by molar-refractivity contribution is -0.143. The van der Waals surface area contributed by atoms with Crippen LogP contribution < -0.4 is 16.4 Å². The van der Waals surface area contributed by atoms with Crippen molar-refractivity contribution < 1.29 is 19.5 Å². The van der Waals surface area contributed by atoms with Gasteiger partial charge in [-0.05, 0) is 36.7 Å². The van der Waals surface area contributed by atoms with Crippen molar-refractivity contribution in [1.29, 1.82) is 5.41 Å². The summed E-state index contributed by atoms with van der Waals surface area (Å²) in [5.41, 5.74) is 6.20. The molecule has 2 amide bonds. The average Bonchev–Trinajstić information content (AvgIpc) is 3.45. The van der Waals surface area contributed by atoms with Crippen molar-refractivity contribution in [2.45, 2.75) is 69.5 Å². The molecule has 3 fully saturated rings. The van der Waals surface area contributed by atoms with Gasteiger partial charge in [0.15, 0.2) is 0 Å². The van der Waals surface area contributed by atoms with Crippen molar-refractivity contribution in [3.63, 3.8) is 0 Å². The van der Waals surface area contributed by atoms with Gasteiger partial charge in [-0.25, -0.2) is 0 Å². The SMILES string of the molecule is N=C(N)c1ccc(CNC(=O)[C@]23C[C@H]2CCN3C(=O)[C@@H](CC2CCCCC2)NCC(=O)O)cc1. The minimum absolute atomic E-state index is 0.00491. The first-order chi connectivity index (χ1) is 16.3. The number of aliphatic carboxylic acids is 1. The summed E-state index contributed by atoms with van der Waals surface area (Å²) in [5, 5.41) is 22.6. The maximum Gasteiger partial charge on any atom is 0.317 e. The summed E-state index contributed by atoms with van der Waals surface area (Å²) in [7, 11) is 0. The summed E-state index contributed by atoms with van der Waals surface area (Å²) < 4.78 is 0. The third-order valence-electron chi connectivity index (χ3n) is 7.72. The van der Waals surface area contributed by atoms with Crippen LogP contribution in [0.1, 0.15) is 62.5 Å². The molecule has 1 saturated heterocycles. The van der Waals surface area contributed by atoms with E-state index in [1.807, 2.05) is 12.1 Å². The minimum Gasteiger partial charge on any atom is -0.480 e. The predicted octanol–water partition coefficient (Wildman–Crippen LogP) is 1.59. The van der Waals surface area contributed by atoms with E-state index in [2.05, 4.69) is 10.6 Å². The number of likely N-dealkylation sites (tertiary alicyclic amines) is 1. The molecule has 0 bridgehead atoms. The highest BCUT2D eigenvalue weighted by Crippen LogP contribution is 2.56. The summed E-state index contributed by atoms with van der Waals surface area (Å²) in [6, 6.07) is 6.57. The fraction of sp³-hybridized carbons (Fsp3) is 0.600. The highest BCUT2D eigenvalue weighted by Gasteiger charge is 2.68. The van der Waals surface area contributed by atoms with E-state index in [1.54, 1.807) is 17.0 Å². The summed E-state index contributed by atoms with van der Waals surface area (Å²) in [6.45, 7) is 0.590. The molecule has 1 aromatic rings. The first kappa shape index (κ1) is 24.2. The molecule has 0 spiro atoms. The first-order valence-electron chi connectivity index (χ1n) is 12.3. The van der Waals surface area contributed by atoms with Crippen molar-refractivity contribution >= 4 is 23.6 Å². The first-order valence-corrected chi connectivity index (χ1v) is 12.3. The molecule has 0 aromatic heterocycles. The molecule has 0 radical (unpaired) electrons. The van der Waals surface area contributed by atoms with Gasteiger partial charge < -0.3 is 21.1 Å². The number of nitrogens with zero attached hydrogens (tertiary/aromatic N) is 1. The van der Waals surface area contributed by atoms with E-state index in [4.69, 9.17) is 16.2 Å². The van der Waals surface area contributed by atoms with Crippen LogP contribution in [-0.2, 0) is 20.9 Å². The standard InChI is InChI=1S/C25H35N5O4/c26-22(27)18-8-6-17(7-9-18)14-29-24(34)25-13-19(25)10-11-30(25)23(33)20(28-15-21(31)32)12-16-4-2-1-3-5-16/h6-9,16,19-20,28H,1-5,10-15H2,(H3,26,27)(H,29,34)(H,31,32)/t19-,20-,25+/m1/s1. The molecule has 1 aliphatic heterocycles. The third-order valence-corrected chi connectivity index (χ3v) is 7.72. The van der Waals surface area contributed by atoms with E-state index >= 15 is 0 Å². The zero-order valence-electron chi connectivity index (χ0n) is 19.5. The van der Waals surface area contributed by atoms with E-state index in [-0.39, 0.29) is 30.1 Å². The van der Waals surface area contributed by atoms with Crippen molar-refractivity contribution in [1.82, 2.24) is 15.5 Å². The average molecular weight is 470 g/mol. The molecule has 34 heavy (non-hydrogen) atoms. The molecule has 3 atom stereocenters. The number of carboxylic acid groups (broad SMARTS) is 1. The van der Waals surface area contributed by atoms with Crippen LogP contribution in [0.2, 0.25) is 0 Å². The van der Waals surface area contributed by atoms with E-state index < -0.39 is 17.6 Å². The number of nitrogens with one attached hydrogen (secondary N) is 3. The van der Waals surface area contributed by atoms with Gasteiger partial charge in [-0.2, -0.15) is 0 Å². The van der Waals surface area contributed by atoms with E-state index in [9.17, 15) is 14.4 Å². The van der Waals surface area contributed by atoms with Crippen LogP contribution in [0.25, 0.3) is 0 Å². The molecule has 184 valence electrons. The number of nitrogen functional groups attached to an aromatic ring is 1. The van der Waals surface area contributed by atoms with Gasteiger partial charge in [0, 0.05) is 18.7 Å². The number of piperidine rings is 1. The van der Waals surface area contributed by atoms with Crippen molar-refractivity contribution in [2.75, 3.05) is 13.1 Å². The molecule has 1 aromatic carbocycles. The summed E-state index contributed by atoms with van der Waals surface area (Å²) >= 11 is 0. The monoisotopic (exact) mass is 469 g/mol. The number of hydrogen-bond donors (Lipinski definition) is 5. The van der Waals surface area contributed by atoms with Crippen LogP contribution in [0.15, 0.2) is 24.3 Å². The lowest BCUT2D eigenvalue weighted by Gasteiger charge is -2.33. The number of nitrogens with two attached hydrogens (primary N) is 1. The van der Waals surface area contributed by atoms with Crippen LogP contribution in [0.3, 0.4) is 0 Å². The van der Waals surface area contributed by atoms with Crippen LogP contribution in [0.4, 0.5) is 0 Å². The van der Waals surface area contributed by atoms with Gasteiger partial charge in [0.25, 0.3) is 0 Å². The molecule has 9 heteroatoms. The number of hydrogen-bond acceptors (Lipinski definition) is 5. The van der Waals surface area contributed by atoms with Crippen LogP contribution in [0, 0.1) is 17.2 Å². The second-order valence-electron chi connectivity index (χ2n) is 9.96. The van der Waals surface area contributed by atoms with Gasteiger partial charge in [-0.3, -0.25) is 25.1 Å². The normalized spacial score (nSPS) is 24.8. The Morgan fingerprint density at radius 2 is 1.85 bits per heavy atom. The molecule has 6 N–H and O–H groups in total. The lowest BCUT2D eigenvalue weighted by atomic mass is 9.84. The topological polar surface area (TPSA) is 149 Å². The van der Waals surface area contributed by atoms with E-state index in [1.165, 1.54) is 6.42 Å². The number of carbonyl (C=O) groups excluding carboxylic acids is 2. The summed E-state index contributed by atoms with van der Waals surface area (Å²) in [6.07, 6.45) is 7.71. The molecular formula is C25H35N5O4. The third kappa shape index (κ3) is 5.09. The number of amidine groups is 1. The number of fused-ring (bicyclic) bond motifs is 1. The molecule has 2 saturated carbocycles. The fourth-order valence-electron chi connectivity index (χ4n) is 5.74. The zero-order chi connectivity index (χ0) is 24.3. The Labute approximate surface area is 200 Å². The summed E-state index contributed by atoms with van der Waals surface area (Å²) in [5.74, 6) is -0.720. The second kappa shape index (κ2) is 10.1. The highest BCUT2D eigenvalue weighted by atomic mass is 16.4. The van der Waals surface area contributed by atoms with Crippen LogP contribution in [-0.4, -0.2) is 58.3 Å². The molecule has 2 aliphatic carbocycles. The van der Waals surface area contributed by atoms with Gasteiger partial charge in [0.05, 0.1) is 12.6 Å². The number of benzene rings is 1. The van der Waals surface area contributed by atoms with E-state index in [0.29, 0.717) is 37.4 Å². The Balaban J connectivity index is 1.42. The quantitative estimate of drug-likeness (QED) is 0.260. The molecule has 1 heterocycles. The van der Waals surface area contributed by atoms with Gasteiger partial charge in [-0.15, -0.1) is 0 Å². The Bertz CT molecular complexity index is 943. The molecule has 9 nitrogen and oxygen atoms in total. The second-order valence-corrected chi connectivity index (χ2v) is 9.96. The van der Waals surface area contributed by atoms with Gasteiger partial charge in [0.2, 0.25) is 11.8 Å². The largest absolute Gasteiger partial charge is 0.480 e. The molecular weight excluding hydrogens is 434 g/mol. The van der Waals surface area contributed by atoms with Crippen molar-refractivity contribution in [2.24, 2.45) is 17.6 Å². The summed E-state index contributed by atoms with van der Waals surface area (Å²) in [4.78, 5) is 39.8. The number of carboxylic acids is 1. The highest BCUT2D eigenvalue weighted by molar-refractivity contribution is 5.97. The van der Waals surface area contributed by atoms with Crippen LogP contribution in [0.5, 0.6) is 0 Å². The smallest absolute Gasteiger partial charge is 0.317 e. The maximum absolute atomic E-state index is 13.6. The number of amides is 2. The van der Waals surface area contributed by atoms with Crippen LogP contribution >= 0.6 is 0 Å². The Morgan fingerprint density at radius 1 is 1.15 bits per heavy atom. The fourth-order valence-corrected chi connectivity index (χ4v) is 5.74. The zero-order valence-corrected chi connectivity index (χ0v) is 19.5. The Morgan fingerprint density at radius 3 is 2.47 bits per heavy atom. The number of rotatable bonds is 10.